The van der Waals surface area contributed by atoms with Gasteiger partial charge in [-0.15, -0.1) is 11.3 Å². The van der Waals surface area contributed by atoms with Crippen LogP contribution < -0.4 is 16.0 Å². The third-order valence-corrected chi connectivity index (χ3v) is 5.06. The maximum absolute atomic E-state index is 12.2. The molecule has 1 aliphatic heterocycles. The van der Waals surface area contributed by atoms with Crippen molar-refractivity contribution in [2.24, 2.45) is 0 Å². The molecular weight excluding hydrogens is 328 g/mol. The molecule has 1 saturated heterocycles. The largest absolute Gasteiger partial charge is 0.459 e. The predicted molar refractivity (Wildman–Crippen MR) is 91.2 cm³/mol. The van der Waals surface area contributed by atoms with E-state index in [1.165, 1.54) is 22.5 Å². The minimum absolute atomic E-state index is 0.178. The van der Waals surface area contributed by atoms with Crippen LogP contribution in [-0.4, -0.2) is 35.9 Å². The molecule has 24 heavy (non-hydrogen) atoms. The van der Waals surface area contributed by atoms with Gasteiger partial charge in [0.05, 0.1) is 6.26 Å². The van der Waals surface area contributed by atoms with Crippen LogP contribution in [0.15, 0.2) is 29.0 Å². The Kier molecular flexibility index (Phi) is 5.27. The van der Waals surface area contributed by atoms with Gasteiger partial charge in [0.25, 0.3) is 5.91 Å². The maximum atomic E-state index is 12.2. The summed E-state index contributed by atoms with van der Waals surface area (Å²) in [6, 6.07) is 2.48. The van der Waals surface area contributed by atoms with Gasteiger partial charge in [-0.1, -0.05) is 0 Å². The van der Waals surface area contributed by atoms with Gasteiger partial charge in [-0.05, 0) is 50.9 Å². The minimum Gasteiger partial charge on any atom is -0.459 e. The molecule has 0 saturated carbocycles. The first-order chi connectivity index (χ1) is 11.6. The van der Waals surface area contributed by atoms with E-state index in [1.54, 1.807) is 19.1 Å². The summed E-state index contributed by atoms with van der Waals surface area (Å²) in [6.45, 7) is 3.65. The smallest absolute Gasteiger partial charge is 0.287 e. The SMILES string of the molecule is CC(NC(=O)c1ccco1)C(=O)Nc1ncc(C2CCNCC2)s1. The highest BCUT2D eigenvalue weighted by molar-refractivity contribution is 7.15. The molecule has 128 valence electrons. The zero-order valence-electron chi connectivity index (χ0n) is 13.4. The number of anilines is 1. The van der Waals surface area contributed by atoms with E-state index in [2.05, 4.69) is 20.9 Å². The van der Waals surface area contributed by atoms with Crippen molar-refractivity contribution in [3.8, 4) is 0 Å². The zero-order chi connectivity index (χ0) is 16.9. The summed E-state index contributed by atoms with van der Waals surface area (Å²) in [5.74, 6) is -0.0409. The standard InChI is InChI=1S/C16H20N4O3S/c1-10(19-15(22)12-3-2-8-23-12)14(21)20-16-18-9-13(24-16)11-4-6-17-7-5-11/h2-3,8-11,17H,4-7H2,1H3,(H,19,22)(H,18,20,21). The molecule has 1 fully saturated rings. The first kappa shape index (κ1) is 16.7. The Morgan fingerprint density at radius 2 is 2.21 bits per heavy atom. The number of nitrogens with one attached hydrogen (secondary N) is 3. The van der Waals surface area contributed by atoms with Gasteiger partial charge in [0.15, 0.2) is 10.9 Å². The second kappa shape index (κ2) is 7.59. The molecule has 3 rings (SSSR count). The van der Waals surface area contributed by atoms with Gasteiger partial charge in [-0.2, -0.15) is 0 Å². The third-order valence-electron chi connectivity index (χ3n) is 3.98. The van der Waals surface area contributed by atoms with E-state index in [1.807, 2.05) is 6.20 Å². The normalized spacial score (nSPS) is 16.5. The molecule has 0 spiro atoms. The van der Waals surface area contributed by atoms with E-state index < -0.39 is 11.9 Å². The number of amides is 2. The molecule has 0 radical (unpaired) electrons. The van der Waals surface area contributed by atoms with E-state index in [0.29, 0.717) is 11.0 Å². The third kappa shape index (κ3) is 4.01. The Morgan fingerprint density at radius 1 is 1.42 bits per heavy atom. The van der Waals surface area contributed by atoms with Crippen LogP contribution in [0.1, 0.15) is 41.1 Å². The van der Waals surface area contributed by atoms with Crippen LogP contribution in [0.3, 0.4) is 0 Å². The number of furan rings is 1. The predicted octanol–water partition coefficient (Wildman–Crippen LogP) is 1.96. The van der Waals surface area contributed by atoms with Crippen molar-refractivity contribution >= 4 is 28.3 Å². The molecule has 1 aliphatic rings. The summed E-state index contributed by atoms with van der Waals surface area (Å²) < 4.78 is 5.01. The molecule has 2 aromatic rings. The Balaban J connectivity index is 1.54. The van der Waals surface area contributed by atoms with Crippen LogP contribution in [0.4, 0.5) is 5.13 Å². The van der Waals surface area contributed by atoms with E-state index in [9.17, 15) is 9.59 Å². The Bertz CT molecular complexity index is 692. The lowest BCUT2D eigenvalue weighted by atomic mass is 9.97. The van der Waals surface area contributed by atoms with Crippen LogP contribution in [-0.2, 0) is 4.79 Å². The number of piperidine rings is 1. The van der Waals surface area contributed by atoms with Crippen molar-refractivity contribution in [1.82, 2.24) is 15.6 Å². The number of hydrogen-bond donors (Lipinski definition) is 3. The van der Waals surface area contributed by atoms with Crippen molar-refractivity contribution in [3.63, 3.8) is 0 Å². The van der Waals surface area contributed by atoms with E-state index in [0.717, 1.165) is 25.9 Å². The Hall–Kier alpha value is -2.19. The molecule has 1 atom stereocenters. The molecule has 7 nitrogen and oxygen atoms in total. The highest BCUT2D eigenvalue weighted by atomic mass is 32.1. The van der Waals surface area contributed by atoms with Gasteiger partial charge in [0.1, 0.15) is 6.04 Å². The van der Waals surface area contributed by atoms with Crippen molar-refractivity contribution in [1.29, 1.82) is 0 Å². The fraction of sp³-hybridized carbons (Fsp3) is 0.438. The molecule has 0 aromatic carbocycles. The number of hydrogen-bond acceptors (Lipinski definition) is 6. The van der Waals surface area contributed by atoms with Gasteiger partial charge in [0.2, 0.25) is 5.91 Å². The molecule has 3 heterocycles. The Morgan fingerprint density at radius 3 is 2.92 bits per heavy atom. The number of carbonyl (C=O) groups is 2. The molecule has 0 aliphatic carbocycles. The molecule has 1 unspecified atom stereocenters. The lowest BCUT2D eigenvalue weighted by molar-refractivity contribution is -0.117. The monoisotopic (exact) mass is 348 g/mol. The number of rotatable bonds is 5. The van der Waals surface area contributed by atoms with Crippen LogP contribution in [0.5, 0.6) is 0 Å². The highest BCUT2D eigenvalue weighted by Gasteiger charge is 2.21. The van der Waals surface area contributed by atoms with E-state index >= 15 is 0 Å². The first-order valence-electron chi connectivity index (χ1n) is 7.95. The van der Waals surface area contributed by atoms with Gasteiger partial charge in [-0.25, -0.2) is 4.98 Å². The van der Waals surface area contributed by atoms with E-state index in [4.69, 9.17) is 4.42 Å². The summed E-state index contributed by atoms with van der Waals surface area (Å²) in [4.78, 5) is 29.6. The maximum Gasteiger partial charge on any atom is 0.287 e. The molecule has 0 bridgehead atoms. The van der Waals surface area contributed by atoms with Crippen LogP contribution in [0.2, 0.25) is 0 Å². The summed E-state index contributed by atoms with van der Waals surface area (Å²) in [6.07, 6.45) is 5.43. The molecule has 3 N–H and O–H groups in total. The summed E-state index contributed by atoms with van der Waals surface area (Å²) >= 11 is 1.50. The summed E-state index contributed by atoms with van der Waals surface area (Å²) in [5, 5.41) is 9.25. The van der Waals surface area contributed by atoms with Gasteiger partial charge < -0.3 is 20.4 Å². The van der Waals surface area contributed by atoms with Crippen LogP contribution in [0.25, 0.3) is 0 Å². The van der Waals surface area contributed by atoms with Crippen LogP contribution in [0, 0.1) is 0 Å². The zero-order valence-corrected chi connectivity index (χ0v) is 14.2. The van der Waals surface area contributed by atoms with Crippen molar-refractivity contribution in [3.05, 3.63) is 35.2 Å². The van der Waals surface area contributed by atoms with Gasteiger partial charge >= 0.3 is 0 Å². The lowest BCUT2D eigenvalue weighted by Crippen LogP contribution is -2.41. The van der Waals surface area contributed by atoms with Crippen molar-refractivity contribution < 1.29 is 14.0 Å². The molecule has 2 aromatic heterocycles. The van der Waals surface area contributed by atoms with Gasteiger partial charge in [-0.3, -0.25) is 9.59 Å². The minimum atomic E-state index is -0.686. The number of nitrogens with zero attached hydrogens (tertiary/aromatic N) is 1. The second-order valence-corrected chi connectivity index (χ2v) is 6.82. The summed E-state index contributed by atoms with van der Waals surface area (Å²) in [5.41, 5.74) is 0. The topological polar surface area (TPSA) is 96.3 Å². The highest BCUT2D eigenvalue weighted by Crippen LogP contribution is 2.31. The van der Waals surface area contributed by atoms with Crippen LogP contribution >= 0.6 is 11.3 Å². The number of carbonyl (C=O) groups excluding carboxylic acids is 2. The number of thiazole rings is 1. The second-order valence-electron chi connectivity index (χ2n) is 5.75. The van der Waals surface area contributed by atoms with Crippen molar-refractivity contribution in [2.75, 3.05) is 18.4 Å². The lowest BCUT2D eigenvalue weighted by Gasteiger charge is -2.20. The average Bonchev–Trinajstić information content (AvgIpc) is 3.27. The molecule has 2 amide bonds. The first-order valence-corrected chi connectivity index (χ1v) is 8.77. The fourth-order valence-electron chi connectivity index (χ4n) is 2.59. The van der Waals surface area contributed by atoms with Crippen molar-refractivity contribution in [2.45, 2.75) is 31.7 Å². The molecule has 8 heteroatoms. The number of aromatic nitrogens is 1. The van der Waals surface area contributed by atoms with Gasteiger partial charge in [0, 0.05) is 11.1 Å². The van der Waals surface area contributed by atoms with E-state index in [-0.39, 0.29) is 11.7 Å². The summed E-state index contributed by atoms with van der Waals surface area (Å²) in [7, 11) is 0. The molecular formula is C16H20N4O3S. The fourth-order valence-corrected chi connectivity index (χ4v) is 3.58. The quantitative estimate of drug-likeness (QED) is 0.767. The Labute approximate surface area is 143 Å². The average molecular weight is 348 g/mol.